The Labute approximate surface area is 176 Å². The summed E-state index contributed by atoms with van der Waals surface area (Å²) < 4.78 is 35.5. The number of nitrogens with one attached hydrogen (secondary N) is 1. The molecule has 0 saturated carbocycles. The van der Waals surface area contributed by atoms with Gasteiger partial charge in [-0.2, -0.15) is 0 Å². The highest BCUT2D eigenvalue weighted by atomic mass is 35.5. The molecule has 2 aromatic rings. The van der Waals surface area contributed by atoms with Crippen LogP contribution in [0.4, 0.5) is 5.69 Å². The molecule has 0 spiro atoms. The summed E-state index contributed by atoms with van der Waals surface area (Å²) in [5.41, 5.74) is 1.48. The Morgan fingerprint density at radius 2 is 1.72 bits per heavy atom. The first-order valence-corrected chi connectivity index (χ1v) is 11.3. The molecule has 9 heteroatoms. The predicted molar refractivity (Wildman–Crippen MR) is 115 cm³/mol. The standard InChI is InChI=1S/C20H25ClN2O5S/c1-5-27-18-10-7-14(11-19(18)28-6-2)13-22-20(24)16-9-8-15(12-17(16)21)23(3)29(4,25)26/h7-12H,5-6,13H2,1-4H3,(H,22,24). The van der Waals surface area contributed by atoms with Gasteiger partial charge in [-0.1, -0.05) is 17.7 Å². The second-order valence-corrected chi connectivity index (χ2v) is 8.65. The van der Waals surface area contributed by atoms with Crippen LogP contribution in [0.3, 0.4) is 0 Å². The SMILES string of the molecule is CCOc1ccc(CNC(=O)c2ccc(N(C)S(C)(=O)=O)cc2Cl)cc1OCC. The van der Waals surface area contributed by atoms with Crippen LogP contribution < -0.4 is 19.1 Å². The van der Waals surface area contributed by atoms with Crippen molar-refractivity contribution in [2.45, 2.75) is 20.4 Å². The van der Waals surface area contributed by atoms with E-state index in [1.54, 1.807) is 6.07 Å². The van der Waals surface area contributed by atoms with Crippen LogP contribution in [-0.2, 0) is 16.6 Å². The second kappa shape index (κ2) is 9.84. The zero-order valence-corrected chi connectivity index (χ0v) is 18.4. The summed E-state index contributed by atoms with van der Waals surface area (Å²) >= 11 is 6.20. The molecule has 0 atom stereocenters. The predicted octanol–water partition coefficient (Wildman–Crippen LogP) is 3.46. The molecule has 2 aromatic carbocycles. The number of rotatable bonds is 9. The van der Waals surface area contributed by atoms with Crippen LogP contribution in [-0.4, -0.2) is 40.8 Å². The molecule has 0 aromatic heterocycles. The second-order valence-electron chi connectivity index (χ2n) is 6.22. The van der Waals surface area contributed by atoms with Gasteiger partial charge in [0.2, 0.25) is 10.0 Å². The molecule has 0 aliphatic rings. The van der Waals surface area contributed by atoms with E-state index in [4.69, 9.17) is 21.1 Å². The number of anilines is 1. The quantitative estimate of drug-likeness (QED) is 0.645. The molecular formula is C20H25ClN2O5S. The Hall–Kier alpha value is -2.45. The number of hydrogen-bond acceptors (Lipinski definition) is 5. The lowest BCUT2D eigenvalue weighted by atomic mass is 10.1. The smallest absolute Gasteiger partial charge is 0.253 e. The maximum atomic E-state index is 12.5. The zero-order chi connectivity index (χ0) is 21.6. The monoisotopic (exact) mass is 440 g/mol. The van der Waals surface area contributed by atoms with E-state index < -0.39 is 10.0 Å². The lowest BCUT2D eigenvalue weighted by Crippen LogP contribution is -2.26. The van der Waals surface area contributed by atoms with Crippen LogP contribution in [0.2, 0.25) is 5.02 Å². The molecule has 158 valence electrons. The first kappa shape index (κ1) is 22.8. The van der Waals surface area contributed by atoms with Crippen molar-refractivity contribution in [2.75, 3.05) is 30.8 Å². The summed E-state index contributed by atoms with van der Waals surface area (Å²) in [6.07, 6.45) is 1.09. The third kappa shape index (κ3) is 6.01. The minimum absolute atomic E-state index is 0.164. The Morgan fingerprint density at radius 3 is 2.31 bits per heavy atom. The minimum Gasteiger partial charge on any atom is -0.490 e. The third-order valence-corrected chi connectivity index (χ3v) is 5.64. The number of hydrogen-bond donors (Lipinski definition) is 1. The van der Waals surface area contributed by atoms with Gasteiger partial charge in [-0.15, -0.1) is 0 Å². The van der Waals surface area contributed by atoms with E-state index >= 15 is 0 Å². The maximum absolute atomic E-state index is 12.5. The summed E-state index contributed by atoms with van der Waals surface area (Å²) in [6, 6.07) is 9.95. The van der Waals surface area contributed by atoms with E-state index in [0.29, 0.717) is 30.4 Å². The summed E-state index contributed by atoms with van der Waals surface area (Å²) in [7, 11) is -2.00. The molecule has 0 aliphatic carbocycles. The summed E-state index contributed by atoms with van der Waals surface area (Å²) in [6.45, 7) is 5.08. The number of carbonyl (C=O) groups excluding carboxylic acids is 1. The fourth-order valence-electron chi connectivity index (χ4n) is 2.56. The topological polar surface area (TPSA) is 84.9 Å². The zero-order valence-electron chi connectivity index (χ0n) is 16.9. The Bertz CT molecular complexity index is 979. The van der Waals surface area contributed by atoms with Crippen LogP contribution in [0.15, 0.2) is 36.4 Å². The normalized spacial score (nSPS) is 11.1. The van der Waals surface area contributed by atoms with Gasteiger partial charge >= 0.3 is 0 Å². The van der Waals surface area contributed by atoms with Gasteiger partial charge in [0.1, 0.15) is 0 Å². The minimum atomic E-state index is -3.42. The first-order valence-electron chi connectivity index (χ1n) is 9.07. The van der Waals surface area contributed by atoms with Crippen molar-refractivity contribution in [1.29, 1.82) is 0 Å². The van der Waals surface area contributed by atoms with E-state index in [0.717, 1.165) is 16.1 Å². The van der Waals surface area contributed by atoms with Gasteiger partial charge < -0.3 is 14.8 Å². The molecule has 0 radical (unpaired) electrons. The highest BCUT2D eigenvalue weighted by Crippen LogP contribution is 2.29. The third-order valence-electron chi connectivity index (χ3n) is 4.12. The molecule has 0 saturated heterocycles. The molecule has 29 heavy (non-hydrogen) atoms. The van der Waals surface area contributed by atoms with E-state index in [9.17, 15) is 13.2 Å². The number of amides is 1. The molecule has 0 unspecified atom stereocenters. The van der Waals surface area contributed by atoms with Crippen molar-refractivity contribution >= 4 is 33.2 Å². The van der Waals surface area contributed by atoms with Crippen molar-refractivity contribution in [2.24, 2.45) is 0 Å². The molecule has 0 heterocycles. The number of nitrogens with zero attached hydrogens (tertiary/aromatic N) is 1. The fraction of sp³-hybridized carbons (Fsp3) is 0.350. The van der Waals surface area contributed by atoms with Crippen LogP contribution in [0.5, 0.6) is 11.5 Å². The number of sulfonamides is 1. The fourth-order valence-corrected chi connectivity index (χ4v) is 3.32. The maximum Gasteiger partial charge on any atom is 0.253 e. The van der Waals surface area contributed by atoms with Gasteiger partial charge in [0.25, 0.3) is 5.91 Å². The first-order chi connectivity index (χ1) is 13.7. The van der Waals surface area contributed by atoms with Crippen molar-refractivity contribution in [3.05, 3.63) is 52.5 Å². The molecule has 1 amide bonds. The highest BCUT2D eigenvalue weighted by Gasteiger charge is 2.16. The van der Waals surface area contributed by atoms with Crippen LogP contribution in [0, 0.1) is 0 Å². The molecule has 7 nitrogen and oxygen atoms in total. The summed E-state index contributed by atoms with van der Waals surface area (Å²) in [5.74, 6) is 0.903. The van der Waals surface area contributed by atoms with Crippen molar-refractivity contribution < 1.29 is 22.7 Å². The lowest BCUT2D eigenvalue weighted by molar-refractivity contribution is 0.0951. The Balaban J connectivity index is 2.12. The summed E-state index contributed by atoms with van der Waals surface area (Å²) in [5, 5.41) is 2.97. The van der Waals surface area contributed by atoms with E-state index in [1.807, 2.05) is 26.0 Å². The van der Waals surface area contributed by atoms with Gasteiger partial charge in [0.05, 0.1) is 35.7 Å². The van der Waals surface area contributed by atoms with Gasteiger partial charge in [-0.25, -0.2) is 8.42 Å². The Morgan fingerprint density at radius 1 is 1.07 bits per heavy atom. The Kier molecular flexibility index (Phi) is 7.75. The van der Waals surface area contributed by atoms with Crippen LogP contribution in [0.25, 0.3) is 0 Å². The van der Waals surface area contributed by atoms with Gasteiger partial charge in [0.15, 0.2) is 11.5 Å². The number of benzene rings is 2. The lowest BCUT2D eigenvalue weighted by Gasteiger charge is -2.17. The largest absolute Gasteiger partial charge is 0.490 e. The van der Waals surface area contributed by atoms with E-state index in [-0.39, 0.29) is 23.0 Å². The van der Waals surface area contributed by atoms with Crippen molar-refractivity contribution in [3.8, 4) is 11.5 Å². The molecule has 0 aliphatic heterocycles. The van der Waals surface area contributed by atoms with Crippen LogP contribution in [0.1, 0.15) is 29.8 Å². The molecular weight excluding hydrogens is 416 g/mol. The number of halogens is 1. The van der Waals surface area contributed by atoms with Crippen LogP contribution >= 0.6 is 11.6 Å². The van der Waals surface area contributed by atoms with E-state index in [2.05, 4.69) is 5.32 Å². The van der Waals surface area contributed by atoms with E-state index in [1.165, 1.54) is 25.2 Å². The highest BCUT2D eigenvalue weighted by molar-refractivity contribution is 7.92. The number of ether oxygens (including phenoxy) is 2. The van der Waals surface area contributed by atoms with Crippen molar-refractivity contribution in [3.63, 3.8) is 0 Å². The van der Waals surface area contributed by atoms with Crippen molar-refractivity contribution in [1.82, 2.24) is 5.32 Å². The molecule has 0 fully saturated rings. The number of carbonyl (C=O) groups is 1. The van der Waals surface area contributed by atoms with Gasteiger partial charge in [-0.05, 0) is 49.7 Å². The molecule has 2 rings (SSSR count). The molecule has 0 bridgehead atoms. The average Bonchev–Trinajstić information content (AvgIpc) is 2.66. The summed E-state index contributed by atoms with van der Waals surface area (Å²) in [4.78, 5) is 12.5. The van der Waals surface area contributed by atoms with Gasteiger partial charge in [0, 0.05) is 13.6 Å². The average molecular weight is 441 g/mol. The molecule has 1 N–H and O–H groups in total. The van der Waals surface area contributed by atoms with Gasteiger partial charge in [-0.3, -0.25) is 9.10 Å².